The van der Waals surface area contributed by atoms with E-state index >= 15 is 0 Å². The Hall–Kier alpha value is -3.19. The van der Waals surface area contributed by atoms with Gasteiger partial charge in [-0.3, -0.25) is 14.6 Å². The molecule has 2 N–H and O–H groups in total. The fourth-order valence-corrected chi connectivity index (χ4v) is 4.41. The van der Waals surface area contributed by atoms with E-state index in [-0.39, 0.29) is 17.4 Å². The Morgan fingerprint density at radius 1 is 1.25 bits per heavy atom. The van der Waals surface area contributed by atoms with Gasteiger partial charge in [0.05, 0.1) is 42.8 Å². The van der Waals surface area contributed by atoms with Gasteiger partial charge in [0.15, 0.2) is 0 Å². The number of aryl methyl sites for hydroxylation is 1. The van der Waals surface area contributed by atoms with Gasteiger partial charge in [0.2, 0.25) is 5.56 Å². The number of carbonyl (C=O) groups is 1. The van der Waals surface area contributed by atoms with Crippen LogP contribution in [0, 0.1) is 6.92 Å². The summed E-state index contributed by atoms with van der Waals surface area (Å²) < 4.78 is 11.0. The van der Waals surface area contributed by atoms with Crippen LogP contribution in [0.5, 0.6) is 5.75 Å². The van der Waals surface area contributed by atoms with Crippen LogP contribution in [0.2, 0.25) is 0 Å². The molecule has 7 nitrogen and oxygen atoms in total. The summed E-state index contributed by atoms with van der Waals surface area (Å²) in [6, 6.07) is 7.04. The predicted octanol–water partition coefficient (Wildman–Crippen LogP) is 4.82. The van der Waals surface area contributed by atoms with Crippen molar-refractivity contribution in [2.45, 2.75) is 59.2 Å². The number of rotatable bonds is 7. The molecule has 0 radical (unpaired) electrons. The first-order chi connectivity index (χ1) is 15.4. The molecule has 0 saturated heterocycles. The number of hydrogen-bond donors (Lipinski definition) is 2. The van der Waals surface area contributed by atoms with E-state index in [0.29, 0.717) is 35.7 Å². The van der Waals surface area contributed by atoms with E-state index in [1.54, 1.807) is 13.2 Å². The molecular formula is C25H29N3O4. The third kappa shape index (κ3) is 4.12. The molecule has 0 aliphatic carbocycles. The number of nitrogens with one attached hydrogen (secondary N) is 2. The summed E-state index contributed by atoms with van der Waals surface area (Å²) in [5.74, 6) is 0.502. The van der Waals surface area contributed by atoms with Crippen LogP contribution in [-0.2, 0) is 18.0 Å². The molecule has 1 aliphatic heterocycles. The lowest BCUT2D eigenvalue weighted by Crippen LogP contribution is -2.18. The second-order valence-corrected chi connectivity index (χ2v) is 8.29. The minimum absolute atomic E-state index is 0.192. The normalized spacial score (nSPS) is 13.8. The number of aromatic amines is 1. The molecule has 1 aliphatic rings. The lowest BCUT2D eigenvalue weighted by molar-refractivity contribution is 0.102. The summed E-state index contributed by atoms with van der Waals surface area (Å²) in [6.07, 6.45) is 2.91. The standard InChI is InChI=1S/C25H29N3O4/c1-5-7-15(6-2)23-19(9-16-12-32-13-20(16)27-23)25(30)26-17-10-18-14(3)8-22(29)28-24(18)21(11-17)31-4/h8-11,15H,5-7,12-13H2,1-4H3,(H,26,30)(H,28,29). The largest absolute Gasteiger partial charge is 0.494 e. The van der Waals surface area contributed by atoms with Gasteiger partial charge in [0.1, 0.15) is 5.75 Å². The Balaban J connectivity index is 1.76. The summed E-state index contributed by atoms with van der Waals surface area (Å²) in [5.41, 5.74) is 5.15. The van der Waals surface area contributed by atoms with Crippen molar-refractivity contribution in [1.29, 1.82) is 0 Å². The molecule has 4 rings (SSSR count). The van der Waals surface area contributed by atoms with E-state index in [4.69, 9.17) is 14.5 Å². The number of anilines is 1. The molecule has 1 unspecified atom stereocenters. The number of benzene rings is 1. The zero-order chi connectivity index (χ0) is 22.8. The Kier molecular flexibility index (Phi) is 6.28. The van der Waals surface area contributed by atoms with Gasteiger partial charge in [-0.25, -0.2) is 0 Å². The molecular weight excluding hydrogens is 406 g/mol. The number of H-pyrrole nitrogens is 1. The molecule has 0 spiro atoms. The molecule has 32 heavy (non-hydrogen) atoms. The van der Waals surface area contributed by atoms with E-state index in [0.717, 1.165) is 47.2 Å². The number of aromatic nitrogens is 2. The van der Waals surface area contributed by atoms with Gasteiger partial charge in [-0.15, -0.1) is 0 Å². The number of methoxy groups -OCH3 is 1. The molecule has 3 heterocycles. The summed E-state index contributed by atoms with van der Waals surface area (Å²) in [5, 5.41) is 3.84. The van der Waals surface area contributed by atoms with Crippen LogP contribution in [0.3, 0.4) is 0 Å². The van der Waals surface area contributed by atoms with Gasteiger partial charge >= 0.3 is 0 Å². The van der Waals surface area contributed by atoms with Gasteiger partial charge in [-0.2, -0.15) is 0 Å². The van der Waals surface area contributed by atoms with E-state index in [1.807, 2.05) is 19.1 Å². The topological polar surface area (TPSA) is 93.3 Å². The van der Waals surface area contributed by atoms with Gasteiger partial charge < -0.3 is 19.8 Å². The molecule has 168 valence electrons. The molecule has 2 aromatic heterocycles. The van der Waals surface area contributed by atoms with Gasteiger partial charge in [0.25, 0.3) is 5.91 Å². The number of ether oxygens (including phenoxy) is 2. The monoisotopic (exact) mass is 435 g/mol. The summed E-state index contributed by atoms with van der Waals surface area (Å²) >= 11 is 0. The van der Waals surface area contributed by atoms with Crippen molar-refractivity contribution in [2.24, 2.45) is 0 Å². The molecule has 3 aromatic rings. The first kappa shape index (κ1) is 22.0. The number of hydrogen-bond acceptors (Lipinski definition) is 5. The van der Waals surface area contributed by atoms with Crippen molar-refractivity contribution in [3.8, 4) is 5.75 Å². The number of nitrogens with zero attached hydrogens (tertiary/aromatic N) is 1. The SMILES string of the molecule is CCCC(CC)c1nc2c(cc1C(=O)Nc1cc(OC)c3[nH]c(=O)cc(C)c3c1)COC2. The van der Waals surface area contributed by atoms with Crippen LogP contribution < -0.4 is 15.6 Å². The number of carbonyl (C=O) groups excluding carboxylic acids is 1. The van der Waals surface area contributed by atoms with Crippen LogP contribution in [0.1, 0.15) is 71.9 Å². The van der Waals surface area contributed by atoms with Crippen molar-refractivity contribution >= 4 is 22.5 Å². The number of fused-ring (bicyclic) bond motifs is 2. The Labute approximate surface area is 187 Å². The number of pyridine rings is 2. The maximum atomic E-state index is 13.4. The van der Waals surface area contributed by atoms with Crippen molar-refractivity contribution in [3.05, 3.63) is 62.7 Å². The molecule has 1 aromatic carbocycles. The van der Waals surface area contributed by atoms with Gasteiger partial charge in [0, 0.05) is 34.7 Å². The molecule has 1 amide bonds. The average Bonchev–Trinajstić information content (AvgIpc) is 3.24. The Morgan fingerprint density at radius 2 is 2.06 bits per heavy atom. The second kappa shape index (κ2) is 9.12. The van der Waals surface area contributed by atoms with E-state index in [9.17, 15) is 9.59 Å². The van der Waals surface area contributed by atoms with Crippen LogP contribution in [0.4, 0.5) is 5.69 Å². The molecule has 1 atom stereocenters. The van der Waals surface area contributed by atoms with Crippen LogP contribution >= 0.6 is 0 Å². The number of amides is 1. The van der Waals surface area contributed by atoms with Crippen molar-refractivity contribution in [2.75, 3.05) is 12.4 Å². The highest BCUT2D eigenvalue weighted by Crippen LogP contribution is 2.32. The maximum Gasteiger partial charge on any atom is 0.257 e. The van der Waals surface area contributed by atoms with Gasteiger partial charge in [-0.05, 0) is 37.5 Å². The van der Waals surface area contributed by atoms with E-state index in [2.05, 4.69) is 24.1 Å². The van der Waals surface area contributed by atoms with Crippen molar-refractivity contribution in [1.82, 2.24) is 9.97 Å². The highest BCUT2D eigenvalue weighted by Gasteiger charge is 2.25. The highest BCUT2D eigenvalue weighted by atomic mass is 16.5. The van der Waals surface area contributed by atoms with Gasteiger partial charge in [-0.1, -0.05) is 20.3 Å². The first-order valence-electron chi connectivity index (χ1n) is 11.1. The summed E-state index contributed by atoms with van der Waals surface area (Å²) in [7, 11) is 1.54. The average molecular weight is 436 g/mol. The van der Waals surface area contributed by atoms with Crippen LogP contribution in [0.25, 0.3) is 10.9 Å². The van der Waals surface area contributed by atoms with E-state index in [1.165, 1.54) is 6.07 Å². The molecule has 7 heteroatoms. The zero-order valence-corrected chi connectivity index (χ0v) is 19.0. The lowest BCUT2D eigenvalue weighted by Gasteiger charge is -2.19. The Bertz CT molecular complexity index is 1230. The summed E-state index contributed by atoms with van der Waals surface area (Å²) in [4.78, 5) is 33.0. The molecule has 0 fully saturated rings. The quantitative estimate of drug-likeness (QED) is 0.555. The lowest BCUT2D eigenvalue weighted by atomic mass is 9.91. The second-order valence-electron chi connectivity index (χ2n) is 8.29. The summed E-state index contributed by atoms with van der Waals surface area (Å²) in [6.45, 7) is 7.11. The maximum absolute atomic E-state index is 13.4. The van der Waals surface area contributed by atoms with Crippen LogP contribution in [0.15, 0.2) is 29.1 Å². The first-order valence-corrected chi connectivity index (χ1v) is 11.1. The minimum Gasteiger partial charge on any atom is -0.494 e. The highest BCUT2D eigenvalue weighted by molar-refractivity contribution is 6.06. The van der Waals surface area contributed by atoms with E-state index < -0.39 is 0 Å². The third-order valence-corrected chi connectivity index (χ3v) is 6.08. The fourth-order valence-electron chi connectivity index (χ4n) is 4.41. The Morgan fingerprint density at radius 3 is 2.78 bits per heavy atom. The molecule has 0 saturated carbocycles. The zero-order valence-electron chi connectivity index (χ0n) is 19.0. The predicted molar refractivity (Wildman–Crippen MR) is 124 cm³/mol. The van der Waals surface area contributed by atoms with Crippen LogP contribution in [-0.4, -0.2) is 23.0 Å². The molecule has 0 bridgehead atoms. The third-order valence-electron chi connectivity index (χ3n) is 6.08. The minimum atomic E-state index is -0.208. The smallest absolute Gasteiger partial charge is 0.257 e. The fraction of sp³-hybridized carbons (Fsp3) is 0.400. The van der Waals surface area contributed by atoms with Crippen molar-refractivity contribution in [3.63, 3.8) is 0 Å². The van der Waals surface area contributed by atoms with Crippen molar-refractivity contribution < 1.29 is 14.3 Å².